The van der Waals surface area contributed by atoms with E-state index in [0.717, 1.165) is 55.9 Å². The number of benzene rings is 1. The van der Waals surface area contributed by atoms with Crippen molar-refractivity contribution in [1.82, 2.24) is 25.2 Å². The number of nitrogens with one attached hydrogen (secondary N) is 1. The number of likely N-dealkylation sites (N-methyl/N-ethyl adjacent to an activating group) is 1. The molecule has 0 bridgehead atoms. The fourth-order valence-corrected chi connectivity index (χ4v) is 3.60. The molecule has 1 unspecified atom stereocenters. The van der Waals surface area contributed by atoms with E-state index in [4.69, 9.17) is 16.1 Å². The average molecular weight is 405 g/mol. The van der Waals surface area contributed by atoms with Gasteiger partial charge < -0.3 is 19.6 Å². The molecule has 152 valence electrons. The Kier molecular flexibility index (Phi) is 7.30. The van der Waals surface area contributed by atoms with Crippen LogP contribution in [-0.2, 0) is 6.54 Å². The molecule has 0 radical (unpaired) electrons. The highest BCUT2D eigenvalue weighted by Crippen LogP contribution is 2.20. The second-order valence-corrected chi connectivity index (χ2v) is 7.65. The first-order valence-corrected chi connectivity index (χ1v) is 9.93. The van der Waals surface area contributed by atoms with Gasteiger partial charge in [0.2, 0.25) is 0 Å². The lowest BCUT2D eigenvalue weighted by molar-refractivity contribution is 0.168. The van der Waals surface area contributed by atoms with Crippen LogP contribution in [0.2, 0.25) is 5.02 Å². The highest BCUT2D eigenvalue weighted by Gasteiger charge is 2.22. The van der Waals surface area contributed by atoms with Gasteiger partial charge in [-0.05, 0) is 31.8 Å². The van der Waals surface area contributed by atoms with Crippen molar-refractivity contribution in [2.75, 3.05) is 53.9 Å². The van der Waals surface area contributed by atoms with E-state index in [2.05, 4.69) is 56.4 Å². The monoisotopic (exact) mass is 404 g/mol. The normalized spacial score (nSPS) is 17.2. The predicted molar refractivity (Wildman–Crippen MR) is 113 cm³/mol. The van der Waals surface area contributed by atoms with Gasteiger partial charge in [-0.1, -0.05) is 28.9 Å². The highest BCUT2D eigenvalue weighted by atomic mass is 35.5. The Bertz CT molecular complexity index is 739. The van der Waals surface area contributed by atoms with Crippen LogP contribution in [0.4, 0.5) is 0 Å². The molecule has 1 aliphatic rings. The van der Waals surface area contributed by atoms with Gasteiger partial charge >= 0.3 is 0 Å². The van der Waals surface area contributed by atoms with Crippen molar-refractivity contribution < 1.29 is 4.52 Å². The van der Waals surface area contributed by atoms with Crippen molar-refractivity contribution >= 4 is 17.6 Å². The summed E-state index contributed by atoms with van der Waals surface area (Å²) in [5.74, 6) is 0.946. The zero-order valence-electron chi connectivity index (χ0n) is 16.8. The van der Waals surface area contributed by atoms with Crippen LogP contribution in [0.25, 0.3) is 0 Å². The molecule has 8 heteroatoms. The lowest BCUT2D eigenvalue weighted by atomic mass is 10.1. The molecular formula is C20H29ClN6O. The van der Waals surface area contributed by atoms with E-state index in [1.807, 2.05) is 25.2 Å². The Morgan fingerprint density at radius 1 is 1.21 bits per heavy atom. The second kappa shape index (κ2) is 9.91. The van der Waals surface area contributed by atoms with Crippen molar-refractivity contribution in [3.63, 3.8) is 0 Å². The molecule has 0 spiro atoms. The third kappa shape index (κ3) is 5.47. The number of hydrogen-bond acceptors (Lipinski definition) is 5. The molecule has 3 rings (SSSR count). The van der Waals surface area contributed by atoms with Gasteiger partial charge in [0.05, 0.1) is 11.7 Å². The summed E-state index contributed by atoms with van der Waals surface area (Å²) in [5, 5.41) is 8.31. The lowest BCUT2D eigenvalue weighted by Crippen LogP contribution is -2.53. The van der Waals surface area contributed by atoms with Crippen LogP contribution >= 0.6 is 11.6 Å². The van der Waals surface area contributed by atoms with Crippen LogP contribution < -0.4 is 5.32 Å². The number of piperazine rings is 1. The molecule has 0 aliphatic carbocycles. The van der Waals surface area contributed by atoms with Crippen molar-refractivity contribution in [3.8, 4) is 0 Å². The lowest BCUT2D eigenvalue weighted by Gasteiger charge is -2.37. The van der Waals surface area contributed by atoms with E-state index in [-0.39, 0.29) is 6.04 Å². The van der Waals surface area contributed by atoms with Gasteiger partial charge in [-0.3, -0.25) is 9.89 Å². The Morgan fingerprint density at radius 3 is 2.50 bits per heavy atom. The van der Waals surface area contributed by atoms with Crippen molar-refractivity contribution in [3.05, 3.63) is 52.9 Å². The molecule has 1 aromatic heterocycles. The minimum Gasteiger partial charge on any atom is -0.364 e. The van der Waals surface area contributed by atoms with Crippen LogP contribution in [0.1, 0.15) is 17.3 Å². The quantitative estimate of drug-likeness (QED) is 0.589. The van der Waals surface area contributed by atoms with Crippen LogP contribution in [0.5, 0.6) is 0 Å². The van der Waals surface area contributed by atoms with E-state index in [0.29, 0.717) is 0 Å². The smallest absolute Gasteiger partial charge is 0.193 e. The zero-order chi connectivity index (χ0) is 19.9. The maximum absolute atomic E-state index is 6.04. The Labute approximate surface area is 171 Å². The first-order chi connectivity index (χ1) is 13.6. The summed E-state index contributed by atoms with van der Waals surface area (Å²) in [6, 6.07) is 10.2. The second-order valence-electron chi connectivity index (χ2n) is 7.21. The number of guanidine groups is 1. The molecule has 1 N–H and O–H groups in total. The van der Waals surface area contributed by atoms with Gasteiger partial charge in [0.25, 0.3) is 0 Å². The van der Waals surface area contributed by atoms with E-state index in [9.17, 15) is 0 Å². The Balaban J connectivity index is 1.53. The number of rotatable bonds is 6. The van der Waals surface area contributed by atoms with E-state index < -0.39 is 0 Å². The van der Waals surface area contributed by atoms with Crippen LogP contribution in [0, 0.1) is 0 Å². The highest BCUT2D eigenvalue weighted by molar-refractivity contribution is 6.30. The molecule has 1 aliphatic heterocycles. The maximum atomic E-state index is 6.04. The standard InChI is InChI=1S/C20H29ClN6O/c1-22-20(23-14-19(25(2)3)16-4-6-17(21)7-5-16)27-11-9-26(10-12-27)15-18-8-13-28-24-18/h4-8,13,19H,9-12,14-15H2,1-3H3,(H,22,23). The summed E-state index contributed by atoms with van der Waals surface area (Å²) in [6.45, 7) is 5.43. The third-order valence-corrected chi connectivity index (χ3v) is 5.34. The first kappa shape index (κ1) is 20.6. The van der Waals surface area contributed by atoms with Crippen molar-refractivity contribution in [2.45, 2.75) is 12.6 Å². The van der Waals surface area contributed by atoms with Gasteiger partial charge in [0.1, 0.15) is 6.26 Å². The molecule has 0 amide bonds. The molecule has 7 nitrogen and oxygen atoms in total. The fraction of sp³-hybridized carbons (Fsp3) is 0.500. The molecular weight excluding hydrogens is 376 g/mol. The summed E-state index contributed by atoms with van der Waals surface area (Å²) < 4.78 is 4.92. The van der Waals surface area contributed by atoms with Crippen LogP contribution in [0.15, 0.2) is 46.1 Å². The van der Waals surface area contributed by atoms with Crippen LogP contribution in [-0.4, -0.2) is 79.7 Å². The van der Waals surface area contributed by atoms with Gasteiger partial charge in [0, 0.05) is 57.4 Å². The summed E-state index contributed by atoms with van der Waals surface area (Å²) in [4.78, 5) is 11.4. The van der Waals surface area contributed by atoms with Gasteiger partial charge in [-0.15, -0.1) is 0 Å². The van der Waals surface area contributed by atoms with E-state index in [1.165, 1.54) is 5.56 Å². The molecule has 2 aromatic rings. The fourth-order valence-electron chi connectivity index (χ4n) is 3.47. The number of nitrogens with zero attached hydrogens (tertiary/aromatic N) is 5. The summed E-state index contributed by atoms with van der Waals surface area (Å²) in [6.07, 6.45) is 1.62. The average Bonchev–Trinajstić information content (AvgIpc) is 3.20. The molecule has 28 heavy (non-hydrogen) atoms. The SMILES string of the molecule is CN=C(NCC(c1ccc(Cl)cc1)N(C)C)N1CCN(Cc2ccon2)CC1. The van der Waals surface area contributed by atoms with Gasteiger partial charge in [-0.2, -0.15) is 0 Å². The molecule has 1 atom stereocenters. The first-order valence-electron chi connectivity index (χ1n) is 9.56. The molecule has 1 fully saturated rings. The molecule has 2 heterocycles. The third-order valence-electron chi connectivity index (χ3n) is 5.09. The van der Waals surface area contributed by atoms with Crippen LogP contribution in [0.3, 0.4) is 0 Å². The van der Waals surface area contributed by atoms with Crippen molar-refractivity contribution in [1.29, 1.82) is 0 Å². The summed E-state index contributed by atoms with van der Waals surface area (Å²) in [7, 11) is 6.02. The molecule has 1 aromatic carbocycles. The Morgan fingerprint density at radius 2 is 1.93 bits per heavy atom. The number of hydrogen-bond donors (Lipinski definition) is 1. The Hall–Kier alpha value is -2.09. The van der Waals surface area contributed by atoms with Gasteiger partial charge in [0.15, 0.2) is 5.96 Å². The summed E-state index contributed by atoms with van der Waals surface area (Å²) in [5.41, 5.74) is 2.21. The zero-order valence-corrected chi connectivity index (χ0v) is 17.6. The van der Waals surface area contributed by atoms with Crippen molar-refractivity contribution in [2.24, 2.45) is 4.99 Å². The van der Waals surface area contributed by atoms with E-state index in [1.54, 1.807) is 6.26 Å². The largest absolute Gasteiger partial charge is 0.364 e. The number of aromatic nitrogens is 1. The van der Waals surface area contributed by atoms with Gasteiger partial charge in [-0.25, -0.2) is 0 Å². The number of halogens is 1. The predicted octanol–water partition coefficient (Wildman–Crippen LogP) is 2.32. The molecule has 0 saturated carbocycles. The minimum atomic E-state index is 0.238. The maximum Gasteiger partial charge on any atom is 0.193 e. The topological polar surface area (TPSA) is 60.1 Å². The summed E-state index contributed by atoms with van der Waals surface area (Å²) >= 11 is 6.04. The van der Waals surface area contributed by atoms with E-state index >= 15 is 0 Å². The molecule has 1 saturated heterocycles. The number of aliphatic imine (C=N–C) groups is 1. The minimum absolute atomic E-state index is 0.238.